The van der Waals surface area contributed by atoms with E-state index in [9.17, 15) is 14.0 Å². The summed E-state index contributed by atoms with van der Waals surface area (Å²) in [6.45, 7) is 5.85. The Balaban J connectivity index is 1.68. The molecule has 0 saturated carbocycles. The van der Waals surface area contributed by atoms with E-state index in [0.29, 0.717) is 22.7 Å². The summed E-state index contributed by atoms with van der Waals surface area (Å²) < 4.78 is 15.6. The van der Waals surface area contributed by atoms with Crippen molar-refractivity contribution in [1.29, 1.82) is 0 Å². The number of amides is 2. The summed E-state index contributed by atoms with van der Waals surface area (Å²) in [5, 5.41) is 16.5. The number of carbonyl (C=O) groups is 2. The Labute approximate surface area is 180 Å². The molecular formula is C19H19FN6O2S2. The number of thiazole rings is 1. The first-order chi connectivity index (χ1) is 14.5. The SMILES string of the molecule is C=CCn1c(SCC(=O)Nc2nccs2)nnc1[C@@H](C)NC(=O)c1ccccc1F. The lowest BCUT2D eigenvalue weighted by molar-refractivity contribution is -0.113. The van der Waals surface area contributed by atoms with Gasteiger partial charge >= 0.3 is 0 Å². The Kier molecular flexibility index (Phi) is 7.31. The van der Waals surface area contributed by atoms with Crippen LogP contribution in [-0.4, -0.2) is 37.3 Å². The third-order valence-corrected chi connectivity index (χ3v) is 5.58. The van der Waals surface area contributed by atoms with Gasteiger partial charge < -0.3 is 15.2 Å². The molecule has 0 aliphatic heterocycles. The number of hydrogen-bond donors (Lipinski definition) is 2. The largest absolute Gasteiger partial charge is 0.342 e. The van der Waals surface area contributed by atoms with Crippen LogP contribution in [0.15, 0.2) is 53.7 Å². The maximum atomic E-state index is 13.9. The van der Waals surface area contributed by atoms with Gasteiger partial charge in [-0.1, -0.05) is 30.0 Å². The molecule has 3 rings (SSSR count). The molecule has 2 heterocycles. The highest BCUT2D eigenvalue weighted by Crippen LogP contribution is 2.22. The number of rotatable bonds is 9. The van der Waals surface area contributed by atoms with Gasteiger partial charge in [-0.2, -0.15) is 0 Å². The van der Waals surface area contributed by atoms with Gasteiger partial charge in [0.25, 0.3) is 5.91 Å². The van der Waals surface area contributed by atoms with Gasteiger partial charge in [0.1, 0.15) is 5.82 Å². The molecule has 0 aliphatic carbocycles. The summed E-state index contributed by atoms with van der Waals surface area (Å²) >= 11 is 2.54. The van der Waals surface area contributed by atoms with E-state index in [1.54, 1.807) is 35.2 Å². The smallest absolute Gasteiger partial charge is 0.254 e. The van der Waals surface area contributed by atoms with Crippen molar-refractivity contribution < 1.29 is 14.0 Å². The van der Waals surface area contributed by atoms with Crippen molar-refractivity contribution in [3.8, 4) is 0 Å². The van der Waals surface area contributed by atoms with Crippen molar-refractivity contribution in [1.82, 2.24) is 25.1 Å². The molecule has 3 aromatic rings. The van der Waals surface area contributed by atoms with Crippen LogP contribution in [0.2, 0.25) is 0 Å². The number of carbonyl (C=O) groups excluding carboxylic acids is 2. The fourth-order valence-electron chi connectivity index (χ4n) is 2.58. The van der Waals surface area contributed by atoms with Crippen LogP contribution in [0, 0.1) is 5.82 Å². The van der Waals surface area contributed by atoms with Gasteiger partial charge in [-0.05, 0) is 19.1 Å². The van der Waals surface area contributed by atoms with E-state index < -0.39 is 17.8 Å². The summed E-state index contributed by atoms with van der Waals surface area (Å²) in [5.41, 5.74) is -0.0485. The number of allylic oxidation sites excluding steroid dienone is 1. The summed E-state index contributed by atoms with van der Waals surface area (Å²) in [7, 11) is 0. The summed E-state index contributed by atoms with van der Waals surface area (Å²) in [5.74, 6) is -0.777. The molecule has 0 saturated heterocycles. The van der Waals surface area contributed by atoms with Gasteiger partial charge in [0, 0.05) is 18.1 Å². The average Bonchev–Trinajstić information content (AvgIpc) is 3.37. The maximum absolute atomic E-state index is 13.9. The van der Waals surface area contributed by atoms with Crippen LogP contribution in [-0.2, 0) is 11.3 Å². The molecule has 8 nitrogen and oxygen atoms in total. The van der Waals surface area contributed by atoms with Gasteiger partial charge in [-0.25, -0.2) is 9.37 Å². The molecular weight excluding hydrogens is 427 g/mol. The van der Waals surface area contributed by atoms with E-state index >= 15 is 0 Å². The van der Waals surface area contributed by atoms with Crippen LogP contribution in [0.25, 0.3) is 0 Å². The van der Waals surface area contributed by atoms with E-state index in [1.807, 2.05) is 0 Å². The van der Waals surface area contributed by atoms with E-state index in [2.05, 4.69) is 32.4 Å². The zero-order chi connectivity index (χ0) is 21.5. The van der Waals surface area contributed by atoms with Crippen LogP contribution < -0.4 is 10.6 Å². The van der Waals surface area contributed by atoms with Crippen LogP contribution in [0.5, 0.6) is 0 Å². The van der Waals surface area contributed by atoms with E-state index in [0.717, 1.165) is 0 Å². The fraction of sp³-hybridized carbons (Fsp3) is 0.211. The molecule has 2 N–H and O–H groups in total. The van der Waals surface area contributed by atoms with E-state index in [4.69, 9.17) is 0 Å². The molecule has 156 valence electrons. The van der Waals surface area contributed by atoms with Crippen LogP contribution in [0.3, 0.4) is 0 Å². The Morgan fingerprint density at radius 3 is 2.87 bits per heavy atom. The van der Waals surface area contributed by atoms with Gasteiger partial charge in [-0.3, -0.25) is 9.59 Å². The fourth-order valence-corrected chi connectivity index (χ4v) is 3.88. The van der Waals surface area contributed by atoms with Gasteiger partial charge in [0.05, 0.1) is 17.4 Å². The highest BCUT2D eigenvalue weighted by Gasteiger charge is 2.21. The average molecular weight is 447 g/mol. The number of thioether (sulfide) groups is 1. The molecule has 0 aliphatic rings. The minimum absolute atomic E-state index is 0.0485. The monoisotopic (exact) mass is 446 g/mol. The topological polar surface area (TPSA) is 102 Å². The molecule has 0 radical (unpaired) electrons. The number of nitrogens with zero attached hydrogens (tertiary/aromatic N) is 4. The molecule has 0 unspecified atom stereocenters. The van der Waals surface area contributed by atoms with Crippen molar-refractivity contribution in [2.24, 2.45) is 0 Å². The molecule has 2 aromatic heterocycles. The van der Waals surface area contributed by atoms with Gasteiger partial charge in [0.2, 0.25) is 5.91 Å². The normalized spacial score (nSPS) is 11.7. The Morgan fingerprint density at radius 1 is 1.37 bits per heavy atom. The third kappa shape index (κ3) is 5.30. The van der Waals surface area contributed by atoms with Crippen LogP contribution in [0.1, 0.15) is 29.1 Å². The lowest BCUT2D eigenvalue weighted by atomic mass is 10.2. The van der Waals surface area contributed by atoms with Crippen molar-refractivity contribution >= 4 is 40.0 Å². The standard InChI is InChI=1S/C19H19FN6O2S2/c1-3-9-26-16(12(2)22-17(28)13-6-4-5-7-14(13)20)24-25-19(26)30-11-15(27)23-18-21-8-10-29-18/h3-8,10,12H,1,9,11H2,2H3,(H,22,28)(H,21,23,27)/t12-/m1/s1. The van der Waals surface area contributed by atoms with Crippen LogP contribution >= 0.6 is 23.1 Å². The number of nitrogens with one attached hydrogen (secondary N) is 2. The zero-order valence-corrected chi connectivity index (χ0v) is 17.7. The van der Waals surface area contributed by atoms with E-state index in [1.165, 1.54) is 41.3 Å². The second-order valence-electron chi connectivity index (χ2n) is 6.09. The third-order valence-electron chi connectivity index (χ3n) is 3.92. The summed E-state index contributed by atoms with van der Waals surface area (Å²) in [4.78, 5) is 28.5. The number of hydrogen-bond acceptors (Lipinski definition) is 7. The zero-order valence-electron chi connectivity index (χ0n) is 16.0. The Morgan fingerprint density at radius 2 is 2.17 bits per heavy atom. The molecule has 30 heavy (non-hydrogen) atoms. The lowest BCUT2D eigenvalue weighted by Crippen LogP contribution is -2.29. The second kappa shape index (κ2) is 10.1. The molecule has 0 spiro atoms. The van der Waals surface area contributed by atoms with Crippen molar-refractivity contribution in [2.45, 2.75) is 24.7 Å². The van der Waals surface area contributed by atoms with Crippen molar-refractivity contribution in [3.63, 3.8) is 0 Å². The Hall–Kier alpha value is -3.05. The van der Waals surface area contributed by atoms with Gasteiger partial charge in [0.15, 0.2) is 16.1 Å². The predicted octanol–water partition coefficient (Wildman–Crippen LogP) is 3.28. The maximum Gasteiger partial charge on any atom is 0.254 e. The summed E-state index contributed by atoms with van der Waals surface area (Å²) in [6.07, 6.45) is 3.27. The summed E-state index contributed by atoms with van der Waals surface area (Å²) in [6, 6.07) is 5.21. The second-order valence-corrected chi connectivity index (χ2v) is 7.93. The molecule has 0 fully saturated rings. The number of anilines is 1. The first kappa shape index (κ1) is 21.7. The lowest BCUT2D eigenvalue weighted by Gasteiger charge is -2.15. The number of benzene rings is 1. The van der Waals surface area contributed by atoms with Gasteiger partial charge in [-0.15, -0.1) is 28.1 Å². The number of aromatic nitrogens is 4. The molecule has 1 atom stereocenters. The first-order valence-electron chi connectivity index (χ1n) is 8.91. The highest BCUT2D eigenvalue weighted by atomic mass is 32.2. The number of halogens is 1. The van der Waals surface area contributed by atoms with Crippen LogP contribution in [0.4, 0.5) is 9.52 Å². The first-order valence-corrected chi connectivity index (χ1v) is 10.8. The molecule has 2 amide bonds. The quantitative estimate of drug-likeness (QED) is 0.386. The van der Waals surface area contributed by atoms with Crippen molar-refractivity contribution in [3.05, 3.63) is 65.7 Å². The molecule has 1 aromatic carbocycles. The minimum Gasteiger partial charge on any atom is -0.342 e. The predicted molar refractivity (Wildman–Crippen MR) is 114 cm³/mol. The Bertz CT molecular complexity index is 1040. The minimum atomic E-state index is -0.600. The highest BCUT2D eigenvalue weighted by molar-refractivity contribution is 7.99. The van der Waals surface area contributed by atoms with Crippen molar-refractivity contribution in [2.75, 3.05) is 11.1 Å². The molecule has 11 heteroatoms. The molecule has 0 bridgehead atoms. The van der Waals surface area contributed by atoms with E-state index in [-0.39, 0.29) is 17.2 Å².